The van der Waals surface area contributed by atoms with Gasteiger partial charge in [0.2, 0.25) is 0 Å². The predicted molar refractivity (Wildman–Crippen MR) is 86.6 cm³/mol. The van der Waals surface area contributed by atoms with Gasteiger partial charge < -0.3 is 9.47 Å². The molecule has 2 unspecified atom stereocenters. The van der Waals surface area contributed by atoms with Crippen molar-refractivity contribution in [3.63, 3.8) is 0 Å². The third kappa shape index (κ3) is 4.58. The van der Waals surface area contributed by atoms with Gasteiger partial charge in [-0.25, -0.2) is 0 Å². The maximum Gasteiger partial charge on any atom is 0.302 e. The van der Waals surface area contributed by atoms with E-state index in [0.717, 1.165) is 11.5 Å². The Labute approximate surface area is 131 Å². The minimum atomic E-state index is -0.507. The first-order valence-electron chi connectivity index (χ1n) is 7.84. The van der Waals surface area contributed by atoms with Crippen LogP contribution in [-0.2, 0) is 14.3 Å². The molecule has 0 aliphatic carbocycles. The molecule has 0 saturated carbocycles. The number of ether oxygens (including phenoxy) is 2. The Morgan fingerprint density at radius 2 is 2.29 bits per heavy atom. The molecule has 0 aromatic heterocycles. The molecular weight excluding hydrogens is 286 g/mol. The first-order valence-corrected chi connectivity index (χ1v) is 8.72. The lowest BCUT2D eigenvalue weighted by Gasteiger charge is -2.31. The number of hydrogen-bond donors (Lipinski definition) is 0. The zero-order chi connectivity index (χ0) is 15.1. The summed E-state index contributed by atoms with van der Waals surface area (Å²) in [5, 5.41) is 1.13. The van der Waals surface area contributed by atoms with E-state index in [4.69, 9.17) is 14.5 Å². The van der Waals surface area contributed by atoms with Crippen molar-refractivity contribution in [3.05, 3.63) is 12.2 Å². The third-order valence-electron chi connectivity index (χ3n) is 3.74. The summed E-state index contributed by atoms with van der Waals surface area (Å²) in [5.74, 6) is -0.268. The summed E-state index contributed by atoms with van der Waals surface area (Å²) in [6.45, 7) is 4.54. The Morgan fingerprint density at radius 3 is 3.05 bits per heavy atom. The van der Waals surface area contributed by atoms with Crippen LogP contribution in [0.3, 0.4) is 0 Å². The average Bonchev–Trinajstić information content (AvgIpc) is 2.84. The van der Waals surface area contributed by atoms with Gasteiger partial charge in [0, 0.05) is 6.92 Å². The number of unbranched alkanes of at least 4 members (excludes halogenated alkanes) is 4. The molecule has 2 atom stereocenters. The third-order valence-corrected chi connectivity index (χ3v) is 5.06. The van der Waals surface area contributed by atoms with Crippen LogP contribution in [-0.4, -0.2) is 35.2 Å². The number of fused-ring (bicyclic) bond motifs is 1. The lowest BCUT2D eigenvalue weighted by atomic mass is 10.0. The van der Waals surface area contributed by atoms with Gasteiger partial charge in [0.15, 0.2) is 0 Å². The molecule has 2 aliphatic heterocycles. The minimum absolute atomic E-state index is 0.0486. The SMILES string of the molecule is CCCCCCCC1=NC2(COC(C)=O)C=CCOC2S1. The van der Waals surface area contributed by atoms with E-state index < -0.39 is 5.54 Å². The highest BCUT2D eigenvalue weighted by atomic mass is 32.2. The molecule has 0 aromatic carbocycles. The fourth-order valence-corrected chi connectivity index (χ4v) is 3.87. The number of hydrogen-bond acceptors (Lipinski definition) is 5. The number of thioether (sulfide) groups is 1. The van der Waals surface area contributed by atoms with E-state index in [1.807, 2.05) is 12.2 Å². The number of rotatable bonds is 8. The van der Waals surface area contributed by atoms with Gasteiger partial charge in [-0.2, -0.15) is 0 Å². The van der Waals surface area contributed by atoms with Crippen molar-refractivity contribution in [2.24, 2.45) is 4.99 Å². The topological polar surface area (TPSA) is 47.9 Å². The number of carbonyl (C=O) groups is 1. The fraction of sp³-hybridized carbons (Fsp3) is 0.750. The van der Waals surface area contributed by atoms with Gasteiger partial charge in [0.05, 0.1) is 11.7 Å². The van der Waals surface area contributed by atoms with Crippen molar-refractivity contribution in [1.82, 2.24) is 0 Å². The average molecular weight is 311 g/mol. The Morgan fingerprint density at radius 1 is 1.48 bits per heavy atom. The molecule has 118 valence electrons. The molecule has 4 nitrogen and oxygen atoms in total. The molecule has 0 radical (unpaired) electrons. The van der Waals surface area contributed by atoms with Crippen LogP contribution in [0.25, 0.3) is 0 Å². The molecule has 0 aromatic rings. The van der Waals surface area contributed by atoms with Crippen LogP contribution in [0.5, 0.6) is 0 Å². The second-order valence-electron chi connectivity index (χ2n) is 5.63. The van der Waals surface area contributed by atoms with E-state index in [-0.39, 0.29) is 18.0 Å². The van der Waals surface area contributed by atoms with Crippen LogP contribution < -0.4 is 0 Å². The van der Waals surface area contributed by atoms with Crippen molar-refractivity contribution in [3.8, 4) is 0 Å². The second-order valence-corrected chi connectivity index (χ2v) is 6.76. The highest BCUT2D eigenvalue weighted by Gasteiger charge is 2.46. The second kappa shape index (κ2) is 7.99. The van der Waals surface area contributed by atoms with Gasteiger partial charge in [-0.05, 0) is 12.8 Å². The number of nitrogens with zero attached hydrogens (tertiary/aromatic N) is 1. The van der Waals surface area contributed by atoms with Gasteiger partial charge in [-0.3, -0.25) is 9.79 Å². The molecule has 5 heteroatoms. The van der Waals surface area contributed by atoms with Gasteiger partial charge in [0.1, 0.15) is 17.6 Å². The van der Waals surface area contributed by atoms with Crippen LogP contribution in [0, 0.1) is 0 Å². The van der Waals surface area contributed by atoms with Crippen molar-refractivity contribution < 1.29 is 14.3 Å². The lowest BCUT2D eigenvalue weighted by molar-refractivity contribution is -0.143. The van der Waals surface area contributed by atoms with Gasteiger partial charge in [-0.1, -0.05) is 56.5 Å². The number of carbonyl (C=O) groups excluding carboxylic acids is 1. The smallest absolute Gasteiger partial charge is 0.302 e. The van der Waals surface area contributed by atoms with E-state index in [9.17, 15) is 4.79 Å². The predicted octanol–water partition coefficient (Wildman–Crippen LogP) is 3.71. The summed E-state index contributed by atoms with van der Waals surface area (Å²) in [6.07, 6.45) is 11.3. The highest BCUT2D eigenvalue weighted by molar-refractivity contribution is 8.14. The monoisotopic (exact) mass is 311 g/mol. The summed E-state index contributed by atoms with van der Waals surface area (Å²) in [4.78, 5) is 15.9. The molecule has 0 fully saturated rings. The summed E-state index contributed by atoms with van der Waals surface area (Å²) in [6, 6.07) is 0. The van der Waals surface area contributed by atoms with Crippen molar-refractivity contribution in [2.45, 2.75) is 63.3 Å². The maximum absolute atomic E-state index is 11.1. The molecule has 2 aliphatic rings. The Hall–Kier alpha value is -0.810. The number of aliphatic imine (C=N–C) groups is 1. The molecule has 2 heterocycles. The van der Waals surface area contributed by atoms with E-state index >= 15 is 0 Å². The van der Waals surface area contributed by atoms with Crippen molar-refractivity contribution in [1.29, 1.82) is 0 Å². The lowest BCUT2D eigenvalue weighted by Crippen LogP contribution is -2.43. The molecule has 21 heavy (non-hydrogen) atoms. The standard InChI is InChI=1S/C16H25NO3S/c1-3-4-5-6-7-9-14-17-16(12-20-13(2)18)10-8-11-19-15(16)21-14/h8,10,15H,3-7,9,11-12H2,1-2H3. The first-order chi connectivity index (χ1) is 10.2. The Balaban J connectivity index is 1.90. The van der Waals surface area contributed by atoms with Crippen molar-refractivity contribution in [2.75, 3.05) is 13.2 Å². The highest BCUT2D eigenvalue weighted by Crippen LogP contribution is 2.41. The summed E-state index contributed by atoms with van der Waals surface area (Å²) >= 11 is 1.69. The van der Waals surface area contributed by atoms with Gasteiger partial charge in [0.25, 0.3) is 0 Å². The van der Waals surface area contributed by atoms with E-state index in [1.54, 1.807) is 11.8 Å². The van der Waals surface area contributed by atoms with Crippen LogP contribution in [0.2, 0.25) is 0 Å². The van der Waals surface area contributed by atoms with E-state index in [1.165, 1.54) is 39.0 Å². The van der Waals surface area contributed by atoms with Crippen LogP contribution in [0.15, 0.2) is 17.1 Å². The maximum atomic E-state index is 11.1. The largest absolute Gasteiger partial charge is 0.463 e. The van der Waals surface area contributed by atoms with Gasteiger partial charge in [-0.15, -0.1) is 0 Å². The summed E-state index contributed by atoms with van der Waals surface area (Å²) in [5.41, 5.74) is -0.555. The van der Waals surface area contributed by atoms with Crippen LogP contribution in [0.4, 0.5) is 0 Å². The zero-order valence-electron chi connectivity index (χ0n) is 13.0. The molecule has 0 saturated heterocycles. The molecular formula is C16H25NO3S. The summed E-state index contributed by atoms with van der Waals surface area (Å²) in [7, 11) is 0. The molecule has 0 bridgehead atoms. The molecule has 2 rings (SSSR count). The first kappa shape index (κ1) is 16.6. The minimum Gasteiger partial charge on any atom is -0.463 e. The van der Waals surface area contributed by atoms with E-state index in [2.05, 4.69) is 6.92 Å². The van der Waals surface area contributed by atoms with E-state index in [0.29, 0.717) is 6.61 Å². The summed E-state index contributed by atoms with van der Waals surface area (Å²) < 4.78 is 11.0. The quantitative estimate of drug-likeness (QED) is 0.389. The number of esters is 1. The van der Waals surface area contributed by atoms with Crippen molar-refractivity contribution >= 4 is 22.8 Å². The zero-order valence-corrected chi connectivity index (χ0v) is 13.8. The van der Waals surface area contributed by atoms with Gasteiger partial charge >= 0.3 is 5.97 Å². The molecule has 0 N–H and O–H groups in total. The Bertz CT molecular complexity index is 422. The Kier molecular flexibility index (Phi) is 6.30. The van der Waals surface area contributed by atoms with Crippen LogP contribution in [0.1, 0.15) is 52.4 Å². The molecule has 0 spiro atoms. The fourth-order valence-electron chi connectivity index (χ4n) is 2.59. The molecule has 0 amide bonds. The van der Waals surface area contributed by atoms with Crippen LogP contribution >= 0.6 is 11.8 Å². The normalized spacial score (nSPS) is 27.3.